The van der Waals surface area contributed by atoms with Crippen molar-refractivity contribution in [1.29, 1.82) is 5.26 Å². The third-order valence-electron chi connectivity index (χ3n) is 9.41. The molecular weight excluding hydrogens is 705 g/mol. The Hall–Kier alpha value is -6.36. The number of aromatic nitrogens is 2. The Bertz CT molecular complexity index is 2390. The molecule has 0 radical (unpaired) electrons. The SMILES string of the molecule is COc1ccc(S(=O)(=O)N2Cc3cc(-c4ccc(C#N)o4)ccc3N(Cc3cncn3C)CC2Cc2ccc(OC(=O)NCc3ccccc3)cc2)cc1. The Morgan fingerprint density at radius 3 is 2.41 bits per heavy atom. The number of furan rings is 1. The van der Waals surface area contributed by atoms with E-state index in [0.717, 1.165) is 33.6 Å². The molecule has 0 fully saturated rings. The molecule has 1 aliphatic heterocycles. The number of hydrogen-bond donors (Lipinski definition) is 1. The summed E-state index contributed by atoms with van der Waals surface area (Å²) in [6, 6.07) is 33.7. The van der Waals surface area contributed by atoms with Crippen LogP contribution in [0.15, 0.2) is 131 Å². The number of nitriles is 1. The van der Waals surface area contributed by atoms with Crippen LogP contribution in [-0.4, -0.2) is 48.1 Å². The quantitative estimate of drug-likeness (QED) is 0.154. The van der Waals surface area contributed by atoms with Crippen LogP contribution in [-0.2, 0) is 43.1 Å². The summed E-state index contributed by atoms with van der Waals surface area (Å²) >= 11 is 0. The lowest BCUT2D eigenvalue weighted by Gasteiger charge is -2.32. The topological polar surface area (TPSA) is 143 Å². The van der Waals surface area contributed by atoms with Crippen molar-refractivity contribution in [1.82, 2.24) is 19.2 Å². The molecule has 0 saturated carbocycles. The number of amides is 1. The number of benzene rings is 4. The molecule has 0 saturated heterocycles. The van der Waals surface area contributed by atoms with Gasteiger partial charge in [0, 0.05) is 50.2 Å². The van der Waals surface area contributed by atoms with Gasteiger partial charge in [0.2, 0.25) is 15.8 Å². The number of carbonyl (C=O) groups is 1. The lowest BCUT2D eigenvalue weighted by molar-refractivity contribution is 0.200. The minimum atomic E-state index is -4.06. The average Bonchev–Trinajstić information content (AvgIpc) is 3.81. The van der Waals surface area contributed by atoms with Gasteiger partial charge < -0.3 is 28.7 Å². The molecule has 0 bridgehead atoms. The van der Waals surface area contributed by atoms with Gasteiger partial charge in [0.1, 0.15) is 23.3 Å². The Kier molecular flexibility index (Phi) is 10.5. The second-order valence-electron chi connectivity index (χ2n) is 13.0. The molecule has 1 aliphatic rings. The van der Waals surface area contributed by atoms with Gasteiger partial charge in [-0.3, -0.25) is 0 Å². The number of carbonyl (C=O) groups excluding carboxylic acids is 1. The molecule has 6 aromatic rings. The maximum Gasteiger partial charge on any atom is 0.412 e. The molecule has 12 nitrogen and oxygen atoms in total. The van der Waals surface area contributed by atoms with Gasteiger partial charge in [0.15, 0.2) is 0 Å². The lowest BCUT2D eigenvalue weighted by Crippen LogP contribution is -2.45. The third kappa shape index (κ3) is 8.00. The summed E-state index contributed by atoms with van der Waals surface area (Å²) < 4.78 is 49.5. The summed E-state index contributed by atoms with van der Waals surface area (Å²) in [7, 11) is -0.596. The van der Waals surface area contributed by atoms with E-state index in [4.69, 9.17) is 13.9 Å². The first-order valence-corrected chi connectivity index (χ1v) is 18.7. The van der Waals surface area contributed by atoms with E-state index < -0.39 is 22.2 Å². The molecule has 3 heterocycles. The Balaban J connectivity index is 1.22. The molecule has 1 N–H and O–H groups in total. The predicted octanol–water partition coefficient (Wildman–Crippen LogP) is 6.67. The number of ether oxygens (including phenoxy) is 2. The maximum absolute atomic E-state index is 14.7. The van der Waals surface area contributed by atoms with Crippen LogP contribution in [0, 0.1) is 11.3 Å². The molecule has 13 heteroatoms. The van der Waals surface area contributed by atoms with Crippen molar-refractivity contribution in [2.75, 3.05) is 18.6 Å². The van der Waals surface area contributed by atoms with E-state index in [1.807, 2.05) is 78.3 Å². The molecule has 54 heavy (non-hydrogen) atoms. The fraction of sp³-hybridized carbons (Fsp3) is 0.195. The number of anilines is 1. The standard InChI is InChI=1S/C41H38N6O6S/c1-45-28-43-24-34(45)27-46-26-33(20-29-8-11-36(12-9-29)53-41(48)44-23-30-6-4-3-5-7-30)47(54(49,50)38-16-13-35(51-2)14-17-38)25-32-21-31(10-18-39(32)46)40-19-15-37(22-42)52-40/h3-19,21,24,28,33H,20,23,25-27H2,1-2H3,(H,44,48). The molecule has 274 valence electrons. The van der Waals surface area contributed by atoms with Gasteiger partial charge in [-0.1, -0.05) is 42.5 Å². The van der Waals surface area contributed by atoms with Crippen LogP contribution in [0.1, 0.15) is 28.1 Å². The molecular formula is C41H38N6O6S. The molecule has 4 aromatic carbocycles. The largest absolute Gasteiger partial charge is 0.497 e. The van der Waals surface area contributed by atoms with Gasteiger partial charge in [-0.05, 0) is 89.8 Å². The number of nitrogens with one attached hydrogen (secondary N) is 1. The maximum atomic E-state index is 14.7. The van der Waals surface area contributed by atoms with Crippen LogP contribution in [0.5, 0.6) is 11.5 Å². The normalized spacial score (nSPS) is 14.5. The van der Waals surface area contributed by atoms with Crippen molar-refractivity contribution >= 4 is 21.8 Å². The van der Waals surface area contributed by atoms with E-state index in [1.54, 1.807) is 65.4 Å². The van der Waals surface area contributed by atoms with E-state index in [0.29, 0.717) is 43.3 Å². The van der Waals surface area contributed by atoms with Crippen molar-refractivity contribution in [2.45, 2.75) is 37.0 Å². The Morgan fingerprint density at radius 1 is 0.963 bits per heavy atom. The number of methoxy groups -OCH3 is 1. The molecule has 0 aliphatic carbocycles. The second kappa shape index (κ2) is 15.7. The van der Waals surface area contributed by atoms with E-state index in [-0.39, 0.29) is 17.2 Å². The first-order chi connectivity index (χ1) is 26.2. The highest BCUT2D eigenvalue weighted by molar-refractivity contribution is 7.89. The molecule has 1 amide bonds. The van der Waals surface area contributed by atoms with Gasteiger partial charge in [-0.25, -0.2) is 18.2 Å². The highest BCUT2D eigenvalue weighted by Crippen LogP contribution is 2.36. The highest BCUT2D eigenvalue weighted by Gasteiger charge is 2.37. The zero-order valence-electron chi connectivity index (χ0n) is 29.8. The van der Waals surface area contributed by atoms with E-state index in [9.17, 15) is 18.5 Å². The van der Waals surface area contributed by atoms with Crippen LogP contribution in [0.4, 0.5) is 10.5 Å². The highest BCUT2D eigenvalue weighted by atomic mass is 32.2. The van der Waals surface area contributed by atoms with E-state index in [2.05, 4.69) is 15.2 Å². The number of sulfonamides is 1. The molecule has 1 atom stereocenters. The Labute approximate surface area is 313 Å². The number of fused-ring (bicyclic) bond motifs is 1. The number of nitrogens with zero attached hydrogens (tertiary/aromatic N) is 5. The number of rotatable bonds is 11. The minimum Gasteiger partial charge on any atom is -0.497 e. The number of aryl methyl sites for hydroxylation is 1. The average molecular weight is 743 g/mol. The third-order valence-corrected chi connectivity index (χ3v) is 11.3. The van der Waals surface area contributed by atoms with E-state index >= 15 is 0 Å². The van der Waals surface area contributed by atoms with Crippen LogP contribution in [0.25, 0.3) is 11.3 Å². The Morgan fingerprint density at radius 2 is 1.72 bits per heavy atom. The molecule has 1 unspecified atom stereocenters. The molecule has 2 aromatic heterocycles. The molecule has 0 spiro atoms. The first-order valence-electron chi connectivity index (χ1n) is 17.3. The summed E-state index contributed by atoms with van der Waals surface area (Å²) in [5.74, 6) is 1.60. The van der Waals surface area contributed by atoms with Crippen LogP contribution >= 0.6 is 0 Å². The van der Waals surface area contributed by atoms with Gasteiger partial charge in [-0.15, -0.1) is 0 Å². The summed E-state index contributed by atoms with van der Waals surface area (Å²) in [6.45, 7) is 1.23. The van der Waals surface area contributed by atoms with Gasteiger partial charge >= 0.3 is 6.09 Å². The fourth-order valence-corrected chi connectivity index (χ4v) is 8.15. The predicted molar refractivity (Wildman–Crippen MR) is 202 cm³/mol. The fourth-order valence-electron chi connectivity index (χ4n) is 6.56. The zero-order chi connectivity index (χ0) is 37.7. The van der Waals surface area contributed by atoms with Crippen LogP contribution in [0.3, 0.4) is 0 Å². The zero-order valence-corrected chi connectivity index (χ0v) is 30.6. The van der Waals surface area contributed by atoms with E-state index in [1.165, 1.54) is 7.11 Å². The van der Waals surface area contributed by atoms with Crippen LogP contribution < -0.4 is 19.7 Å². The van der Waals surface area contributed by atoms with Crippen molar-refractivity contribution in [3.63, 3.8) is 0 Å². The number of hydrogen-bond acceptors (Lipinski definition) is 9. The second-order valence-corrected chi connectivity index (χ2v) is 14.8. The van der Waals surface area contributed by atoms with Crippen molar-refractivity contribution in [2.24, 2.45) is 7.05 Å². The summed E-state index contributed by atoms with van der Waals surface area (Å²) in [4.78, 5) is 19.2. The summed E-state index contributed by atoms with van der Waals surface area (Å²) in [5.41, 5.74) is 5.13. The lowest BCUT2D eigenvalue weighted by atomic mass is 10.1. The van der Waals surface area contributed by atoms with Crippen molar-refractivity contribution < 1.29 is 27.1 Å². The van der Waals surface area contributed by atoms with Crippen molar-refractivity contribution in [3.8, 4) is 28.9 Å². The molecule has 7 rings (SSSR count). The van der Waals surface area contributed by atoms with Crippen molar-refractivity contribution in [3.05, 3.63) is 150 Å². The summed E-state index contributed by atoms with van der Waals surface area (Å²) in [5, 5.41) is 12.1. The number of imidazole rings is 1. The smallest absolute Gasteiger partial charge is 0.412 e. The summed E-state index contributed by atoms with van der Waals surface area (Å²) in [6.07, 6.45) is 3.33. The van der Waals surface area contributed by atoms with Gasteiger partial charge in [0.25, 0.3) is 0 Å². The van der Waals surface area contributed by atoms with Crippen LogP contribution in [0.2, 0.25) is 0 Å². The van der Waals surface area contributed by atoms with Gasteiger partial charge in [0.05, 0.1) is 30.6 Å². The van der Waals surface area contributed by atoms with Gasteiger partial charge in [-0.2, -0.15) is 9.57 Å². The monoisotopic (exact) mass is 742 g/mol. The minimum absolute atomic E-state index is 0.0681. The first kappa shape index (κ1) is 36.0.